The molecule has 0 aliphatic rings. The summed E-state index contributed by atoms with van der Waals surface area (Å²) in [5.74, 6) is 2.11. The van der Waals surface area contributed by atoms with Crippen molar-refractivity contribution in [1.82, 2.24) is 0 Å². The molecule has 0 radical (unpaired) electrons. The minimum absolute atomic E-state index is 0.0188. The van der Waals surface area contributed by atoms with Crippen molar-refractivity contribution in [1.29, 1.82) is 0 Å². The van der Waals surface area contributed by atoms with Crippen LogP contribution in [0.15, 0.2) is 34.7 Å². The molecule has 0 atom stereocenters. The predicted molar refractivity (Wildman–Crippen MR) is 79.7 cm³/mol. The molecule has 114 valence electrons. The molecule has 0 aliphatic carbocycles. The number of hydrogen-bond donors (Lipinski definition) is 1. The molecule has 1 N–H and O–H groups in total. The molecule has 1 aromatic heterocycles. The first-order valence-corrected chi connectivity index (χ1v) is 7.84. The topological polar surface area (TPSA) is 25.2 Å². The van der Waals surface area contributed by atoms with E-state index >= 15 is 0 Å². The van der Waals surface area contributed by atoms with Crippen molar-refractivity contribution in [3.05, 3.63) is 52.4 Å². The van der Waals surface area contributed by atoms with E-state index in [-0.39, 0.29) is 17.3 Å². The quantitative estimate of drug-likeness (QED) is 0.789. The van der Waals surface area contributed by atoms with Crippen LogP contribution in [0.2, 0.25) is 5.02 Å². The van der Waals surface area contributed by atoms with Gasteiger partial charge in [-0.15, -0.1) is 0 Å². The highest BCUT2D eigenvalue weighted by atomic mass is 35.5. The Hall–Kier alpha value is -1.27. The molecule has 2 nitrogen and oxygen atoms in total. The first kappa shape index (κ1) is 16.1. The zero-order valence-electron chi connectivity index (χ0n) is 11.1. The van der Waals surface area contributed by atoms with Gasteiger partial charge in [0.05, 0.1) is 17.9 Å². The Morgan fingerprint density at radius 2 is 1.90 bits per heavy atom. The summed E-state index contributed by atoms with van der Waals surface area (Å²) in [6.07, 6.45) is -2.51. The predicted octanol–water partition coefficient (Wildman–Crippen LogP) is 5.43. The lowest BCUT2D eigenvalue weighted by atomic mass is 10.1. The Morgan fingerprint density at radius 1 is 1.19 bits per heavy atom. The van der Waals surface area contributed by atoms with Gasteiger partial charge >= 0.3 is 6.18 Å². The summed E-state index contributed by atoms with van der Waals surface area (Å²) in [5, 5.41) is 2.79. The van der Waals surface area contributed by atoms with Crippen LogP contribution in [0.3, 0.4) is 0 Å². The average molecular weight is 336 g/mol. The number of halogens is 4. The van der Waals surface area contributed by atoms with Gasteiger partial charge in [0, 0.05) is 10.7 Å². The third kappa shape index (κ3) is 4.35. The Morgan fingerprint density at radius 3 is 2.57 bits per heavy atom. The standard InChI is InChI=1S/C14H13ClF3NOS/c1-21-8-11-4-3-10(20-11)7-19-13-5-2-9(15)6-12(13)14(16,17)18/h2-6,19H,7-8H2,1H3. The van der Waals surface area contributed by atoms with Gasteiger partial charge in [-0.2, -0.15) is 24.9 Å². The molecule has 0 amide bonds. The minimum Gasteiger partial charge on any atom is -0.463 e. The number of alkyl halides is 3. The molecule has 0 fully saturated rings. The number of hydrogen-bond acceptors (Lipinski definition) is 3. The largest absolute Gasteiger partial charge is 0.463 e. The summed E-state index contributed by atoms with van der Waals surface area (Å²) < 4.78 is 44.3. The van der Waals surface area contributed by atoms with Crippen LogP contribution >= 0.6 is 23.4 Å². The van der Waals surface area contributed by atoms with E-state index in [0.717, 1.165) is 17.6 Å². The highest BCUT2D eigenvalue weighted by Crippen LogP contribution is 2.36. The van der Waals surface area contributed by atoms with Crippen LogP contribution in [0.5, 0.6) is 0 Å². The van der Waals surface area contributed by atoms with E-state index in [9.17, 15) is 13.2 Å². The van der Waals surface area contributed by atoms with E-state index in [1.54, 1.807) is 17.8 Å². The zero-order valence-corrected chi connectivity index (χ0v) is 12.7. The van der Waals surface area contributed by atoms with E-state index in [2.05, 4.69) is 5.32 Å². The molecule has 1 heterocycles. The lowest BCUT2D eigenvalue weighted by molar-refractivity contribution is -0.137. The SMILES string of the molecule is CSCc1ccc(CNc2ccc(Cl)cc2C(F)(F)F)o1. The molecule has 1 aromatic carbocycles. The summed E-state index contributed by atoms with van der Waals surface area (Å²) in [6.45, 7) is 0.180. The van der Waals surface area contributed by atoms with E-state index in [1.807, 2.05) is 12.3 Å². The van der Waals surface area contributed by atoms with Crippen molar-refractivity contribution in [3.8, 4) is 0 Å². The molecule has 21 heavy (non-hydrogen) atoms. The van der Waals surface area contributed by atoms with E-state index in [4.69, 9.17) is 16.0 Å². The van der Waals surface area contributed by atoms with Crippen molar-refractivity contribution in [3.63, 3.8) is 0 Å². The summed E-state index contributed by atoms with van der Waals surface area (Å²) in [4.78, 5) is 0. The van der Waals surface area contributed by atoms with Crippen molar-refractivity contribution >= 4 is 29.1 Å². The van der Waals surface area contributed by atoms with E-state index in [1.165, 1.54) is 12.1 Å². The molecule has 0 spiro atoms. The second-order valence-electron chi connectivity index (χ2n) is 4.34. The Labute approximate surface area is 129 Å². The van der Waals surface area contributed by atoms with Gasteiger partial charge in [0.1, 0.15) is 11.5 Å². The van der Waals surface area contributed by atoms with Gasteiger partial charge in [-0.25, -0.2) is 0 Å². The second kappa shape index (κ2) is 6.66. The van der Waals surface area contributed by atoms with E-state index in [0.29, 0.717) is 5.76 Å². The molecule has 2 rings (SSSR count). The number of anilines is 1. The summed E-state index contributed by atoms with van der Waals surface area (Å²) in [5.41, 5.74) is -0.805. The molecular formula is C14H13ClF3NOS. The fraction of sp³-hybridized carbons (Fsp3) is 0.286. The Kier molecular flexibility index (Phi) is 5.11. The summed E-state index contributed by atoms with van der Waals surface area (Å²) in [7, 11) is 0. The number of thioether (sulfide) groups is 1. The average Bonchev–Trinajstić information content (AvgIpc) is 2.84. The number of furan rings is 1. The van der Waals surface area contributed by atoms with Gasteiger partial charge in [0.15, 0.2) is 0 Å². The third-order valence-corrected chi connectivity index (χ3v) is 3.55. The van der Waals surface area contributed by atoms with Crippen LogP contribution < -0.4 is 5.32 Å². The normalized spacial score (nSPS) is 11.7. The van der Waals surface area contributed by atoms with Gasteiger partial charge in [-0.05, 0) is 36.6 Å². The molecule has 2 aromatic rings. The van der Waals surface area contributed by atoms with Crippen LogP contribution in [0, 0.1) is 0 Å². The number of rotatable bonds is 5. The Balaban J connectivity index is 2.12. The molecule has 7 heteroatoms. The highest BCUT2D eigenvalue weighted by molar-refractivity contribution is 7.97. The maximum Gasteiger partial charge on any atom is 0.418 e. The lowest BCUT2D eigenvalue weighted by Crippen LogP contribution is -2.10. The fourth-order valence-electron chi connectivity index (χ4n) is 1.82. The smallest absolute Gasteiger partial charge is 0.418 e. The minimum atomic E-state index is -4.46. The van der Waals surface area contributed by atoms with Crippen LogP contribution in [-0.4, -0.2) is 6.26 Å². The highest BCUT2D eigenvalue weighted by Gasteiger charge is 2.33. The summed E-state index contributed by atoms with van der Waals surface area (Å²) in [6, 6.07) is 7.21. The number of nitrogens with one attached hydrogen (secondary N) is 1. The summed E-state index contributed by atoms with van der Waals surface area (Å²) >= 11 is 7.24. The van der Waals surface area contributed by atoms with Crippen molar-refractivity contribution < 1.29 is 17.6 Å². The van der Waals surface area contributed by atoms with Crippen LogP contribution in [0.1, 0.15) is 17.1 Å². The maximum atomic E-state index is 12.9. The second-order valence-corrected chi connectivity index (χ2v) is 5.64. The Bertz CT molecular complexity index is 613. The first-order chi connectivity index (χ1) is 9.90. The van der Waals surface area contributed by atoms with Gasteiger partial charge in [0.25, 0.3) is 0 Å². The van der Waals surface area contributed by atoms with Gasteiger partial charge in [-0.3, -0.25) is 0 Å². The van der Waals surface area contributed by atoms with Crippen LogP contribution in [0.25, 0.3) is 0 Å². The molecule has 0 aliphatic heterocycles. The molecule has 0 saturated carbocycles. The van der Waals surface area contributed by atoms with Crippen molar-refractivity contribution in [2.24, 2.45) is 0 Å². The van der Waals surface area contributed by atoms with E-state index < -0.39 is 11.7 Å². The molecule has 0 saturated heterocycles. The third-order valence-electron chi connectivity index (χ3n) is 2.74. The number of benzene rings is 1. The van der Waals surface area contributed by atoms with Gasteiger partial charge in [-0.1, -0.05) is 11.6 Å². The van der Waals surface area contributed by atoms with Gasteiger partial charge < -0.3 is 9.73 Å². The first-order valence-electron chi connectivity index (χ1n) is 6.07. The van der Waals surface area contributed by atoms with Crippen molar-refractivity contribution in [2.75, 3.05) is 11.6 Å². The van der Waals surface area contributed by atoms with Gasteiger partial charge in [0.2, 0.25) is 0 Å². The zero-order chi connectivity index (χ0) is 15.5. The lowest BCUT2D eigenvalue weighted by Gasteiger charge is -2.14. The van der Waals surface area contributed by atoms with Crippen LogP contribution in [-0.2, 0) is 18.5 Å². The monoisotopic (exact) mass is 335 g/mol. The van der Waals surface area contributed by atoms with Crippen molar-refractivity contribution in [2.45, 2.75) is 18.5 Å². The maximum absolute atomic E-state index is 12.9. The molecule has 0 bridgehead atoms. The fourth-order valence-corrected chi connectivity index (χ4v) is 2.44. The molecule has 0 unspecified atom stereocenters. The molecular weight excluding hydrogens is 323 g/mol. The van der Waals surface area contributed by atoms with Crippen LogP contribution in [0.4, 0.5) is 18.9 Å².